The predicted octanol–water partition coefficient (Wildman–Crippen LogP) is 6.01. The number of hydrogen-bond donors (Lipinski definition) is 0. The van der Waals surface area contributed by atoms with Crippen molar-refractivity contribution in [1.29, 1.82) is 0 Å². The Morgan fingerprint density at radius 1 is 0.966 bits per heavy atom. The first kappa shape index (κ1) is 19.0. The maximum Gasteiger partial charge on any atom is 0.166 e. The van der Waals surface area contributed by atoms with E-state index >= 15 is 0 Å². The summed E-state index contributed by atoms with van der Waals surface area (Å²) in [6, 6.07) is 10.9. The summed E-state index contributed by atoms with van der Waals surface area (Å²) in [5, 5.41) is 0. The van der Waals surface area contributed by atoms with Gasteiger partial charge in [-0.25, -0.2) is 8.78 Å². The van der Waals surface area contributed by atoms with Crippen molar-refractivity contribution in [2.45, 2.75) is 50.5 Å². The van der Waals surface area contributed by atoms with Crippen molar-refractivity contribution >= 4 is 0 Å². The Balaban J connectivity index is 1.36. The lowest BCUT2D eigenvalue weighted by atomic mass is 9.85. The summed E-state index contributed by atoms with van der Waals surface area (Å²) in [5.74, 6) is 1.56. The molecular weight excluding hydrogens is 368 g/mol. The van der Waals surface area contributed by atoms with Crippen molar-refractivity contribution in [2.24, 2.45) is 11.8 Å². The fraction of sp³-hybridized carbons (Fsp3) is 0.520. The lowest BCUT2D eigenvalue weighted by Gasteiger charge is -2.40. The van der Waals surface area contributed by atoms with Crippen LogP contribution in [0.3, 0.4) is 0 Å². The van der Waals surface area contributed by atoms with E-state index in [0.717, 1.165) is 61.2 Å². The molecule has 3 atom stereocenters. The summed E-state index contributed by atoms with van der Waals surface area (Å²) in [4.78, 5) is 2.73. The van der Waals surface area contributed by atoms with E-state index in [1.165, 1.54) is 25.7 Å². The van der Waals surface area contributed by atoms with Gasteiger partial charge in [0.05, 0.1) is 7.11 Å². The van der Waals surface area contributed by atoms with Crippen molar-refractivity contribution in [3.8, 4) is 16.9 Å². The average Bonchev–Trinajstić information content (AvgIpc) is 3.39. The minimum absolute atomic E-state index is 0.313. The monoisotopic (exact) mass is 397 g/mol. The molecular formula is C25H29F2NO. The molecule has 0 unspecified atom stereocenters. The third kappa shape index (κ3) is 3.46. The van der Waals surface area contributed by atoms with Crippen molar-refractivity contribution in [3.63, 3.8) is 0 Å². The van der Waals surface area contributed by atoms with Gasteiger partial charge in [-0.05, 0) is 92.3 Å². The zero-order valence-corrected chi connectivity index (χ0v) is 17.0. The van der Waals surface area contributed by atoms with Crippen LogP contribution in [0.25, 0.3) is 11.1 Å². The SMILES string of the molecule is COc1ccc(-c2cccc(F)c2F)cc1C1CCN([C@@H]2C[C@H]3CC[C@H]2C3)CC1. The molecule has 0 N–H and O–H groups in total. The van der Waals surface area contributed by atoms with Crippen molar-refractivity contribution < 1.29 is 13.5 Å². The molecule has 2 aromatic rings. The van der Waals surface area contributed by atoms with Gasteiger partial charge in [-0.1, -0.05) is 24.6 Å². The fourth-order valence-corrected chi connectivity index (χ4v) is 6.15. The number of benzene rings is 2. The van der Waals surface area contributed by atoms with Gasteiger partial charge in [0.25, 0.3) is 0 Å². The maximum atomic E-state index is 14.3. The zero-order valence-electron chi connectivity index (χ0n) is 17.0. The molecule has 2 bridgehead atoms. The molecule has 3 fully saturated rings. The van der Waals surface area contributed by atoms with Gasteiger partial charge in [0.2, 0.25) is 0 Å². The predicted molar refractivity (Wildman–Crippen MR) is 111 cm³/mol. The van der Waals surface area contributed by atoms with Crippen molar-refractivity contribution in [3.05, 3.63) is 53.6 Å². The molecule has 1 saturated heterocycles. The molecule has 3 aliphatic rings. The van der Waals surface area contributed by atoms with Crippen LogP contribution >= 0.6 is 0 Å². The van der Waals surface area contributed by atoms with Gasteiger partial charge in [0.1, 0.15) is 5.75 Å². The second-order valence-electron chi connectivity index (χ2n) is 9.11. The topological polar surface area (TPSA) is 12.5 Å². The number of methoxy groups -OCH3 is 1. The second-order valence-corrected chi connectivity index (χ2v) is 9.11. The van der Waals surface area contributed by atoms with E-state index in [2.05, 4.69) is 4.90 Å². The molecule has 1 heterocycles. The highest BCUT2D eigenvalue weighted by Gasteiger charge is 2.43. The van der Waals surface area contributed by atoms with Crippen molar-refractivity contribution in [1.82, 2.24) is 4.90 Å². The van der Waals surface area contributed by atoms with Gasteiger partial charge in [-0.3, -0.25) is 0 Å². The zero-order chi connectivity index (χ0) is 20.0. The Labute approximate surface area is 171 Å². The summed E-state index contributed by atoms with van der Waals surface area (Å²) < 4.78 is 33.7. The summed E-state index contributed by atoms with van der Waals surface area (Å²) in [6.07, 6.45) is 7.90. The van der Waals surface area contributed by atoms with Gasteiger partial charge in [-0.15, -0.1) is 0 Å². The largest absolute Gasteiger partial charge is 0.496 e. The first-order valence-electron chi connectivity index (χ1n) is 11.0. The fourth-order valence-electron chi connectivity index (χ4n) is 6.15. The molecule has 4 heteroatoms. The first-order chi connectivity index (χ1) is 14.1. The summed E-state index contributed by atoms with van der Waals surface area (Å²) in [6.45, 7) is 2.25. The van der Waals surface area contributed by atoms with Crippen molar-refractivity contribution in [2.75, 3.05) is 20.2 Å². The molecule has 2 nitrogen and oxygen atoms in total. The van der Waals surface area contributed by atoms with Gasteiger partial charge in [0, 0.05) is 11.6 Å². The van der Waals surface area contributed by atoms with Gasteiger partial charge >= 0.3 is 0 Å². The molecule has 2 aliphatic carbocycles. The van der Waals surface area contributed by atoms with Crippen LogP contribution in [0.15, 0.2) is 36.4 Å². The average molecular weight is 398 g/mol. The van der Waals surface area contributed by atoms with Crippen LogP contribution in [-0.4, -0.2) is 31.1 Å². The number of hydrogen-bond acceptors (Lipinski definition) is 2. The first-order valence-corrected chi connectivity index (χ1v) is 11.0. The van der Waals surface area contributed by atoms with Crippen LogP contribution in [0.1, 0.15) is 50.0 Å². The smallest absolute Gasteiger partial charge is 0.166 e. The third-order valence-electron chi connectivity index (χ3n) is 7.63. The lowest BCUT2D eigenvalue weighted by Crippen LogP contribution is -2.43. The van der Waals surface area contributed by atoms with Crippen LogP contribution in [-0.2, 0) is 0 Å². The van der Waals surface area contributed by atoms with E-state index in [1.54, 1.807) is 19.2 Å². The number of halogens is 2. The Morgan fingerprint density at radius 2 is 1.79 bits per heavy atom. The molecule has 2 aromatic carbocycles. The standard InChI is InChI=1S/C25H29F2NO/c1-29-24-8-7-18(20-3-2-4-22(26)25(20)27)15-21(24)17-9-11-28(12-10-17)23-14-16-5-6-19(23)13-16/h2-4,7-8,15-17,19,23H,5-6,9-14H2,1H3/t16-,19-,23+/m0/s1. The quantitative estimate of drug-likeness (QED) is 0.627. The van der Waals surface area contributed by atoms with Crippen LogP contribution in [0.5, 0.6) is 5.75 Å². The van der Waals surface area contributed by atoms with Gasteiger partial charge in [0.15, 0.2) is 11.6 Å². The van der Waals surface area contributed by atoms with Crippen LogP contribution < -0.4 is 4.74 Å². The summed E-state index contributed by atoms with van der Waals surface area (Å²) in [5.41, 5.74) is 2.16. The van der Waals surface area contributed by atoms with E-state index in [0.29, 0.717) is 17.0 Å². The Bertz CT molecular complexity index is 890. The number of likely N-dealkylation sites (tertiary alicyclic amines) is 1. The van der Waals surface area contributed by atoms with E-state index in [9.17, 15) is 8.78 Å². The molecule has 2 saturated carbocycles. The van der Waals surface area contributed by atoms with Crippen LogP contribution in [0.2, 0.25) is 0 Å². The highest BCUT2D eigenvalue weighted by atomic mass is 19.2. The molecule has 0 radical (unpaired) electrons. The number of fused-ring (bicyclic) bond motifs is 2. The molecule has 29 heavy (non-hydrogen) atoms. The Kier molecular flexibility index (Phi) is 5.07. The highest BCUT2D eigenvalue weighted by molar-refractivity contribution is 5.67. The maximum absolute atomic E-state index is 14.3. The molecule has 154 valence electrons. The van der Waals surface area contributed by atoms with E-state index < -0.39 is 11.6 Å². The normalized spacial score (nSPS) is 27.5. The highest BCUT2D eigenvalue weighted by Crippen LogP contribution is 2.48. The molecule has 1 aliphatic heterocycles. The van der Waals surface area contributed by atoms with Gasteiger partial charge < -0.3 is 9.64 Å². The van der Waals surface area contributed by atoms with E-state index in [4.69, 9.17) is 4.74 Å². The number of rotatable bonds is 4. The van der Waals surface area contributed by atoms with Crippen LogP contribution in [0.4, 0.5) is 8.78 Å². The second kappa shape index (κ2) is 7.71. The van der Waals surface area contributed by atoms with Crippen LogP contribution in [0, 0.1) is 23.5 Å². The molecule has 0 spiro atoms. The number of nitrogens with zero attached hydrogens (tertiary/aromatic N) is 1. The third-order valence-corrected chi connectivity index (χ3v) is 7.63. The lowest BCUT2D eigenvalue weighted by molar-refractivity contribution is 0.110. The van der Waals surface area contributed by atoms with E-state index in [1.807, 2.05) is 18.2 Å². The number of ether oxygens (including phenoxy) is 1. The molecule has 0 amide bonds. The summed E-state index contributed by atoms with van der Waals surface area (Å²) in [7, 11) is 1.69. The number of piperidine rings is 1. The minimum Gasteiger partial charge on any atom is -0.496 e. The van der Waals surface area contributed by atoms with E-state index in [-0.39, 0.29) is 0 Å². The molecule has 5 rings (SSSR count). The minimum atomic E-state index is -0.806. The Hall–Kier alpha value is -1.94. The van der Waals surface area contributed by atoms with Gasteiger partial charge in [-0.2, -0.15) is 0 Å². The molecule has 0 aromatic heterocycles. The summed E-state index contributed by atoms with van der Waals surface area (Å²) >= 11 is 0. The Morgan fingerprint density at radius 3 is 2.48 bits per heavy atom.